The maximum Gasteiger partial charge on any atom is 0.371 e. The molecule has 0 radical (unpaired) electrons. The van der Waals surface area contributed by atoms with Gasteiger partial charge >= 0.3 is 5.97 Å². The lowest BCUT2D eigenvalue weighted by atomic mass is 10.2. The van der Waals surface area contributed by atoms with Crippen LogP contribution in [0.3, 0.4) is 0 Å². The third-order valence-corrected chi connectivity index (χ3v) is 2.59. The van der Waals surface area contributed by atoms with E-state index in [-0.39, 0.29) is 24.6 Å². The molecule has 20 heavy (non-hydrogen) atoms. The van der Waals surface area contributed by atoms with Gasteiger partial charge in [0.1, 0.15) is 5.76 Å². The molecule has 2 aromatic rings. The predicted octanol–water partition coefficient (Wildman–Crippen LogP) is 0.355. The molecule has 8 heteroatoms. The Hall–Kier alpha value is -2.64. The summed E-state index contributed by atoms with van der Waals surface area (Å²) in [6.07, 6.45) is 2.53. The highest BCUT2D eigenvalue weighted by atomic mass is 16.4. The number of nitrogens with zero attached hydrogens (tertiary/aromatic N) is 3. The van der Waals surface area contributed by atoms with Crippen LogP contribution in [0, 0.1) is 0 Å². The first kappa shape index (κ1) is 13.8. The number of carboxylic acid groups (broad SMARTS) is 1. The number of carbonyl (C=O) groups excluding carboxylic acids is 1. The third-order valence-electron chi connectivity index (χ3n) is 2.59. The van der Waals surface area contributed by atoms with Gasteiger partial charge in [0.25, 0.3) is 0 Å². The Morgan fingerprint density at radius 1 is 1.45 bits per heavy atom. The molecule has 2 N–H and O–H groups in total. The Labute approximate surface area is 114 Å². The van der Waals surface area contributed by atoms with E-state index in [0.717, 1.165) is 5.69 Å². The fourth-order valence-corrected chi connectivity index (χ4v) is 1.61. The van der Waals surface area contributed by atoms with Gasteiger partial charge in [-0.05, 0) is 12.1 Å². The van der Waals surface area contributed by atoms with Gasteiger partial charge in [0.15, 0.2) is 0 Å². The molecule has 0 fully saturated rings. The van der Waals surface area contributed by atoms with Gasteiger partial charge in [0, 0.05) is 26.1 Å². The highest BCUT2D eigenvalue weighted by molar-refractivity contribution is 5.84. The van der Waals surface area contributed by atoms with Gasteiger partial charge in [-0.25, -0.2) is 4.79 Å². The maximum atomic E-state index is 11.6. The summed E-state index contributed by atoms with van der Waals surface area (Å²) in [7, 11) is 1.76. The number of carboxylic acids is 1. The highest BCUT2D eigenvalue weighted by Gasteiger charge is 2.10. The second-order valence-corrected chi connectivity index (χ2v) is 4.23. The van der Waals surface area contributed by atoms with Crippen LogP contribution < -0.4 is 5.32 Å². The van der Waals surface area contributed by atoms with Gasteiger partial charge in [0.05, 0.1) is 12.2 Å². The smallest absolute Gasteiger partial charge is 0.371 e. The van der Waals surface area contributed by atoms with Crippen LogP contribution in [0.4, 0.5) is 0 Å². The topological polar surface area (TPSA) is 110 Å². The molecular weight excluding hydrogens is 264 g/mol. The molecule has 0 saturated heterocycles. The number of furan rings is 1. The summed E-state index contributed by atoms with van der Waals surface area (Å²) < 4.78 is 6.59. The summed E-state index contributed by atoms with van der Waals surface area (Å²) in [6, 6.07) is 2.87. The van der Waals surface area contributed by atoms with Crippen molar-refractivity contribution in [1.82, 2.24) is 20.3 Å². The number of aromatic carboxylic acids is 1. The molecule has 0 bridgehead atoms. The number of nitrogens with one attached hydrogen (secondary N) is 1. The predicted molar refractivity (Wildman–Crippen MR) is 66.8 cm³/mol. The van der Waals surface area contributed by atoms with Crippen LogP contribution in [0.15, 0.2) is 22.7 Å². The van der Waals surface area contributed by atoms with E-state index in [0.29, 0.717) is 12.2 Å². The number of hydrogen-bond donors (Lipinski definition) is 2. The van der Waals surface area contributed by atoms with Crippen LogP contribution in [-0.4, -0.2) is 32.0 Å². The SMILES string of the molecule is Cn1cc(CCC(=O)NCc2ccc(C(=O)O)o2)nn1. The molecule has 0 aromatic carbocycles. The van der Waals surface area contributed by atoms with Gasteiger partial charge in [0.2, 0.25) is 11.7 Å². The molecule has 0 aliphatic rings. The van der Waals surface area contributed by atoms with Gasteiger partial charge in [-0.2, -0.15) is 0 Å². The lowest BCUT2D eigenvalue weighted by molar-refractivity contribution is -0.121. The molecule has 2 aromatic heterocycles. The van der Waals surface area contributed by atoms with Gasteiger partial charge in [-0.3, -0.25) is 9.48 Å². The summed E-state index contributed by atoms with van der Waals surface area (Å²) in [5.41, 5.74) is 0.744. The van der Waals surface area contributed by atoms with Crippen molar-refractivity contribution in [3.05, 3.63) is 35.5 Å². The minimum atomic E-state index is -1.13. The largest absolute Gasteiger partial charge is 0.475 e. The Balaban J connectivity index is 1.75. The fourth-order valence-electron chi connectivity index (χ4n) is 1.61. The van der Waals surface area contributed by atoms with E-state index in [2.05, 4.69) is 15.6 Å². The number of aromatic nitrogens is 3. The monoisotopic (exact) mass is 278 g/mol. The Morgan fingerprint density at radius 3 is 2.85 bits per heavy atom. The van der Waals surface area contributed by atoms with Gasteiger partial charge in [-0.1, -0.05) is 5.21 Å². The minimum Gasteiger partial charge on any atom is -0.475 e. The zero-order valence-electron chi connectivity index (χ0n) is 10.9. The molecule has 8 nitrogen and oxygen atoms in total. The van der Waals surface area contributed by atoms with Crippen LogP contribution in [-0.2, 0) is 24.8 Å². The zero-order valence-corrected chi connectivity index (χ0v) is 10.9. The third kappa shape index (κ3) is 3.67. The molecule has 0 aliphatic carbocycles. The first-order valence-corrected chi connectivity index (χ1v) is 5.98. The molecule has 106 valence electrons. The first-order chi connectivity index (χ1) is 9.54. The Kier molecular flexibility index (Phi) is 4.14. The zero-order chi connectivity index (χ0) is 14.5. The van der Waals surface area contributed by atoms with Crippen molar-refractivity contribution < 1.29 is 19.1 Å². The first-order valence-electron chi connectivity index (χ1n) is 5.98. The highest BCUT2D eigenvalue weighted by Crippen LogP contribution is 2.07. The summed E-state index contributed by atoms with van der Waals surface area (Å²) in [4.78, 5) is 22.2. The normalized spacial score (nSPS) is 10.4. The number of rotatable bonds is 6. The lowest BCUT2D eigenvalue weighted by Gasteiger charge is -2.01. The van der Waals surface area contributed by atoms with E-state index in [9.17, 15) is 9.59 Å². The Bertz CT molecular complexity index is 617. The summed E-state index contributed by atoms with van der Waals surface area (Å²) in [5.74, 6) is -1.04. The van der Waals surface area contributed by atoms with Crippen molar-refractivity contribution >= 4 is 11.9 Å². The molecule has 0 unspecified atom stereocenters. The van der Waals surface area contributed by atoms with Crippen molar-refractivity contribution in [1.29, 1.82) is 0 Å². The van der Waals surface area contributed by atoms with Crippen LogP contribution in [0.2, 0.25) is 0 Å². The molecule has 0 aliphatic heterocycles. The van der Waals surface area contributed by atoms with E-state index < -0.39 is 5.97 Å². The average Bonchev–Trinajstić information content (AvgIpc) is 3.03. The summed E-state index contributed by atoms with van der Waals surface area (Å²) in [5, 5.41) is 19.0. The molecule has 2 rings (SSSR count). The number of hydrogen-bond acceptors (Lipinski definition) is 5. The van der Waals surface area contributed by atoms with E-state index in [1.165, 1.54) is 12.1 Å². The second kappa shape index (κ2) is 6.00. The molecule has 0 atom stereocenters. The average molecular weight is 278 g/mol. The number of carbonyl (C=O) groups is 2. The van der Waals surface area contributed by atoms with Gasteiger partial charge in [-0.15, -0.1) is 5.10 Å². The fraction of sp³-hybridized carbons (Fsp3) is 0.333. The molecular formula is C12H14N4O4. The van der Waals surface area contributed by atoms with Crippen LogP contribution in [0.5, 0.6) is 0 Å². The molecule has 0 spiro atoms. The quantitative estimate of drug-likeness (QED) is 0.789. The summed E-state index contributed by atoms with van der Waals surface area (Å²) >= 11 is 0. The van der Waals surface area contributed by atoms with E-state index >= 15 is 0 Å². The lowest BCUT2D eigenvalue weighted by Crippen LogP contribution is -2.22. The van der Waals surface area contributed by atoms with Crippen molar-refractivity contribution in [2.75, 3.05) is 0 Å². The number of amides is 1. The maximum absolute atomic E-state index is 11.6. The van der Waals surface area contributed by atoms with E-state index in [4.69, 9.17) is 9.52 Å². The van der Waals surface area contributed by atoms with Crippen LogP contribution in [0.1, 0.15) is 28.4 Å². The number of aryl methyl sites for hydroxylation is 2. The van der Waals surface area contributed by atoms with Crippen molar-refractivity contribution in [2.24, 2.45) is 7.05 Å². The Morgan fingerprint density at radius 2 is 2.25 bits per heavy atom. The van der Waals surface area contributed by atoms with E-state index in [1.807, 2.05) is 0 Å². The van der Waals surface area contributed by atoms with Gasteiger partial charge < -0.3 is 14.8 Å². The van der Waals surface area contributed by atoms with Crippen molar-refractivity contribution in [3.8, 4) is 0 Å². The van der Waals surface area contributed by atoms with E-state index in [1.54, 1.807) is 17.9 Å². The standard InChI is InChI=1S/C12H14N4O4/c1-16-7-8(14-15-16)2-5-11(17)13-6-9-3-4-10(20-9)12(18)19/h3-4,7H,2,5-6H2,1H3,(H,13,17)(H,18,19). The minimum absolute atomic E-state index is 0.145. The van der Waals surface area contributed by atoms with Crippen LogP contribution >= 0.6 is 0 Å². The summed E-state index contributed by atoms with van der Waals surface area (Å²) in [6.45, 7) is 0.159. The van der Waals surface area contributed by atoms with Crippen molar-refractivity contribution in [2.45, 2.75) is 19.4 Å². The molecule has 0 saturated carbocycles. The second-order valence-electron chi connectivity index (χ2n) is 4.23. The molecule has 1 amide bonds. The molecule has 2 heterocycles. The van der Waals surface area contributed by atoms with Crippen molar-refractivity contribution in [3.63, 3.8) is 0 Å². The van der Waals surface area contributed by atoms with Crippen LogP contribution in [0.25, 0.3) is 0 Å².